The smallest absolute Gasteiger partial charge is 0.0897 e. The molecule has 0 aliphatic rings. The predicted octanol–water partition coefficient (Wildman–Crippen LogP) is 1.92. The van der Waals surface area contributed by atoms with Gasteiger partial charge in [-0.2, -0.15) is 0 Å². The first-order chi connectivity index (χ1) is 8.70. The molecule has 1 aromatic heterocycles. The van der Waals surface area contributed by atoms with Gasteiger partial charge in [-0.1, -0.05) is 30.3 Å². The summed E-state index contributed by atoms with van der Waals surface area (Å²) < 4.78 is 0. The van der Waals surface area contributed by atoms with E-state index in [-0.39, 0.29) is 13.2 Å². The fraction of sp³-hybridized carbons (Fsp3) is 0.357. The second-order valence-electron chi connectivity index (χ2n) is 4.50. The first-order valence-electron chi connectivity index (χ1n) is 5.88. The highest BCUT2D eigenvalue weighted by atomic mass is 32.1. The van der Waals surface area contributed by atoms with Crippen molar-refractivity contribution in [3.8, 4) is 0 Å². The van der Waals surface area contributed by atoms with Crippen LogP contribution >= 0.6 is 11.3 Å². The molecule has 18 heavy (non-hydrogen) atoms. The van der Waals surface area contributed by atoms with E-state index in [4.69, 9.17) is 0 Å². The Morgan fingerprint density at radius 3 is 2.33 bits per heavy atom. The number of aromatic nitrogens is 1. The Balaban J connectivity index is 2.32. The van der Waals surface area contributed by atoms with E-state index in [1.165, 1.54) is 0 Å². The van der Waals surface area contributed by atoms with Crippen molar-refractivity contribution in [2.75, 3.05) is 13.2 Å². The lowest BCUT2D eigenvalue weighted by atomic mass is 9.78. The molecule has 0 aliphatic carbocycles. The average molecular weight is 263 g/mol. The number of aliphatic hydroxyl groups excluding tert-OH is 2. The van der Waals surface area contributed by atoms with Crippen LogP contribution < -0.4 is 0 Å². The average Bonchev–Trinajstić information content (AvgIpc) is 2.82. The highest BCUT2D eigenvalue weighted by Crippen LogP contribution is 2.28. The number of hydrogen-bond acceptors (Lipinski definition) is 4. The van der Waals surface area contributed by atoms with E-state index in [9.17, 15) is 10.2 Å². The van der Waals surface area contributed by atoms with Gasteiger partial charge in [0.25, 0.3) is 0 Å². The summed E-state index contributed by atoms with van der Waals surface area (Å²) in [5.41, 5.74) is 1.21. The minimum absolute atomic E-state index is 0.0932. The summed E-state index contributed by atoms with van der Waals surface area (Å²) in [5.74, 6) is 0. The molecule has 0 atom stereocenters. The first kappa shape index (κ1) is 13.2. The van der Waals surface area contributed by atoms with E-state index in [1.54, 1.807) is 11.3 Å². The standard InChI is InChI=1S/C14H17NO2S/c1-11-15-13(8-18-11)7-14(9-16,10-17)12-5-3-2-4-6-12/h2-6,8,16-17H,7,9-10H2,1H3. The Morgan fingerprint density at radius 2 is 1.83 bits per heavy atom. The molecule has 0 fully saturated rings. The maximum atomic E-state index is 9.71. The normalized spacial score (nSPS) is 11.7. The molecule has 1 aromatic carbocycles. The summed E-state index contributed by atoms with van der Waals surface area (Å²) in [6.07, 6.45) is 0.550. The van der Waals surface area contributed by atoms with Crippen LogP contribution in [0, 0.1) is 6.92 Å². The number of nitrogens with zero attached hydrogens (tertiary/aromatic N) is 1. The van der Waals surface area contributed by atoms with Gasteiger partial charge in [-0.3, -0.25) is 0 Å². The first-order valence-corrected chi connectivity index (χ1v) is 6.76. The highest BCUT2D eigenvalue weighted by Gasteiger charge is 2.32. The molecule has 0 saturated carbocycles. The van der Waals surface area contributed by atoms with Gasteiger partial charge in [0.15, 0.2) is 0 Å². The van der Waals surface area contributed by atoms with Crippen molar-refractivity contribution in [3.63, 3.8) is 0 Å². The summed E-state index contributed by atoms with van der Waals surface area (Å²) in [6.45, 7) is 1.77. The van der Waals surface area contributed by atoms with Crippen LogP contribution in [0.3, 0.4) is 0 Å². The number of aliphatic hydroxyl groups is 2. The Kier molecular flexibility index (Phi) is 4.11. The lowest BCUT2D eigenvalue weighted by molar-refractivity contribution is 0.115. The van der Waals surface area contributed by atoms with Crippen LogP contribution in [0.2, 0.25) is 0 Å². The summed E-state index contributed by atoms with van der Waals surface area (Å²) in [6, 6.07) is 9.64. The van der Waals surface area contributed by atoms with Crippen LogP contribution in [0.4, 0.5) is 0 Å². The molecule has 4 heteroatoms. The molecule has 2 N–H and O–H groups in total. The van der Waals surface area contributed by atoms with Gasteiger partial charge in [0.05, 0.1) is 23.9 Å². The second kappa shape index (κ2) is 5.61. The topological polar surface area (TPSA) is 53.4 Å². The Labute approximate surface area is 111 Å². The molecular weight excluding hydrogens is 246 g/mol. The van der Waals surface area contributed by atoms with Crippen molar-refractivity contribution >= 4 is 11.3 Å². The predicted molar refractivity (Wildman–Crippen MR) is 72.8 cm³/mol. The molecule has 2 aromatic rings. The molecule has 0 saturated heterocycles. The summed E-state index contributed by atoms with van der Waals surface area (Å²) in [7, 11) is 0. The van der Waals surface area contributed by atoms with E-state index in [0.717, 1.165) is 16.3 Å². The number of hydrogen-bond donors (Lipinski definition) is 2. The van der Waals surface area contributed by atoms with Gasteiger partial charge < -0.3 is 10.2 Å². The van der Waals surface area contributed by atoms with Gasteiger partial charge >= 0.3 is 0 Å². The molecule has 1 heterocycles. The zero-order valence-electron chi connectivity index (χ0n) is 10.3. The molecule has 0 spiro atoms. The maximum absolute atomic E-state index is 9.71. The number of aryl methyl sites for hydroxylation is 1. The molecule has 96 valence electrons. The lowest BCUT2D eigenvalue weighted by Gasteiger charge is -2.29. The second-order valence-corrected chi connectivity index (χ2v) is 5.56. The molecule has 0 bridgehead atoms. The van der Waals surface area contributed by atoms with Crippen LogP contribution in [0.25, 0.3) is 0 Å². The summed E-state index contributed by atoms with van der Waals surface area (Å²) >= 11 is 1.59. The minimum Gasteiger partial charge on any atom is -0.395 e. The summed E-state index contributed by atoms with van der Waals surface area (Å²) in [5, 5.41) is 22.4. The Hall–Kier alpha value is -1.23. The van der Waals surface area contributed by atoms with Gasteiger partial charge in [0.1, 0.15) is 0 Å². The molecule has 3 nitrogen and oxygen atoms in total. The van der Waals surface area contributed by atoms with Crippen molar-refractivity contribution in [1.29, 1.82) is 0 Å². The zero-order valence-corrected chi connectivity index (χ0v) is 11.2. The monoisotopic (exact) mass is 263 g/mol. The maximum Gasteiger partial charge on any atom is 0.0897 e. The third kappa shape index (κ3) is 2.61. The van der Waals surface area contributed by atoms with E-state index < -0.39 is 5.41 Å². The van der Waals surface area contributed by atoms with E-state index >= 15 is 0 Å². The van der Waals surface area contributed by atoms with Gasteiger partial charge in [0.2, 0.25) is 0 Å². The Bertz CT molecular complexity index is 492. The highest BCUT2D eigenvalue weighted by molar-refractivity contribution is 7.09. The number of thiazole rings is 1. The largest absolute Gasteiger partial charge is 0.395 e. The molecule has 0 unspecified atom stereocenters. The van der Waals surface area contributed by atoms with Gasteiger partial charge in [0, 0.05) is 17.2 Å². The van der Waals surface area contributed by atoms with Crippen LogP contribution in [-0.4, -0.2) is 28.4 Å². The molecule has 0 radical (unpaired) electrons. The van der Waals surface area contributed by atoms with E-state index in [0.29, 0.717) is 6.42 Å². The fourth-order valence-electron chi connectivity index (χ4n) is 2.07. The SMILES string of the molecule is Cc1nc(CC(CO)(CO)c2ccccc2)cs1. The quantitative estimate of drug-likeness (QED) is 0.866. The van der Waals surface area contributed by atoms with Crippen molar-refractivity contribution in [3.05, 3.63) is 52.0 Å². The van der Waals surface area contributed by atoms with Crippen LogP contribution in [0.1, 0.15) is 16.3 Å². The third-order valence-corrected chi connectivity index (χ3v) is 4.00. The van der Waals surface area contributed by atoms with E-state index in [1.807, 2.05) is 42.6 Å². The van der Waals surface area contributed by atoms with E-state index in [2.05, 4.69) is 4.98 Å². The van der Waals surface area contributed by atoms with Crippen molar-refractivity contribution < 1.29 is 10.2 Å². The third-order valence-electron chi connectivity index (χ3n) is 3.18. The minimum atomic E-state index is -0.651. The van der Waals surface area contributed by atoms with Gasteiger partial charge in [-0.15, -0.1) is 11.3 Å². The molecule has 0 aliphatic heterocycles. The Morgan fingerprint density at radius 1 is 1.17 bits per heavy atom. The van der Waals surface area contributed by atoms with Crippen LogP contribution in [-0.2, 0) is 11.8 Å². The molecular formula is C14H17NO2S. The fourth-order valence-corrected chi connectivity index (χ4v) is 2.69. The zero-order chi connectivity index (χ0) is 13.0. The molecule has 2 rings (SSSR count). The van der Waals surface area contributed by atoms with Gasteiger partial charge in [-0.25, -0.2) is 4.98 Å². The van der Waals surface area contributed by atoms with Gasteiger partial charge in [-0.05, 0) is 12.5 Å². The van der Waals surface area contributed by atoms with Crippen molar-refractivity contribution in [2.24, 2.45) is 0 Å². The number of rotatable bonds is 5. The lowest BCUT2D eigenvalue weighted by Crippen LogP contribution is -2.37. The molecule has 0 amide bonds. The van der Waals surface area contributed by atoms with Crippen molar-refractivity contribution in [2.45, 2.75) is 18.8 Å². The number of benzene rings is 1. The van der Waals surface area contributed by atoms with Crippen LogP contribution in [0.5, 0.6) is 0 Å². The summed E-state index contributed by atoms with van der Waals surface area (Å²) in [4.78, 5) is 4.41. The van der Waals surface area contributed by atoms with Crippen molar-refractivity contribution in [1.82, 2.24) is 4.98 Å². The van der Waals surface area contributed by atoms with Crippen LogP contribution in [0.15, 0.2) is 35.7 Å².